The van der Waals surface area contributed by atoms with Gasteiger partial charge in [-0.2, -0.15) is 15.2 Å². The van der Waals surface area contributed by atoms with E-state index in [2.05, 4.69) is 34.4 Å². The molecule has 0 spiro atoms. The first-order chi connectivity index (χ1) is 20.5. The summed E-state index contributed by atoms with van der Waals surface area (Å²) in [6, 6.07) is 13.6. The number of halogens is 1. The zero-order valence-corrected chi connectivity index (χ0v) is 24.0. The van der Waals surface area contributed by atoms with Gasteiger partial charge in [-0.05, 0) is 56.4 Å². The monoisotopic (exact) mass is 569 g/mol. The third-order valence-electron chi connectivity index (χ3n) is 8.84. The molecule has 42 heavy (non-hydrogen) atoms. The van der Waals surface area contributed by atoms with Crippen LogP contribution in [0.2, 0.25) is 0 Å². The molecule has 1 amide bonds. The van der Waals surface area contributed by atoms with Gasteiger partial charge in [0.15, 0.2) is 0 Å². The van der Waals surface area contributed by atoms with Gasteiger partial charge in [-0.25, -0.2) is 4.39 Å². The number of likely N-dealkylation sites (tertiary alicyclic amines) is 1. The first-order valence-electron chi connectivity index (χ1n) is 14.7. The molecule has 0 aliphatic carbocycles. The van der Waals surface area contributed by atoms with Crippen molar-refractivity contribution in [2.75, 3.05) is 56.2 Å². The molecule has 2 unspecified atom stereocenters. The van der Waals surface area contributed by atoms with Crippen LogP contribution in [0.5, 0.6) is 6.01 Å². The lowest BCUT2D eigenvalue weighted by Gasteiger charge is -2.42. The Morgan fingerprint density at radius 3 is 2.74 bits per heavy atom. The standard InChI is InChI=1S/C32H36FN7O2/c1-3-29(41)40-18-17-39(19-23(40)12-14-34)31-25-13-16-38(28-11-5-8-22-7-4-10-26(33)30(22)28)20-27(25)35-32(36-31)42-21-24-9-6-15-37(24)2/h3-5,7-8,10-11,23-24H,1,6,9,12-13,15-21H2,2H3. The second kappa shape index (κ2) is 11.9. The summed E-state index contributed by atoms with van der Waals surface area (Å²) >= 11 is 0. The van der Waals surface area contributed by atoms with Gasteiger partial charge >= 0.3 is 6.01 Å². The number of aromatic nitrogens is 2. The van der Waals surface area contributed by atoms with Gasteiger partial charge in [0.2, 0.25) is 5.91 Å². The number of nitriles is 1. The average molecular weight is 570 g/mol. The molecular formula is C32H36FN7O2. The van der Waals surface area contributed by atoms with Crippen molar-refractivity contribution in [3.63, 3.8) is 0 Å². The molecule has 9 nitrogen and oxygen atoms in total. The van der Waals surface area contributed by atoms with E-state index in [1.807, 2.05) is 24.3 Å². The van der Waals surface area contributed by atoms with E-state index < -0.39 is 0 Å². The Balaban J connectivity index is 1.34. The van der Waals surface area contributed by atoms with Crippen LogP contribution in [0.3, 0.4) is 0 Å². The minimum absolute atomic E-state index is 0.165. The van der Waals surface area contributed by atoms with Crippen molar-refractivity contribution in [3.05, 3.63) is 66.1 Å². The summed E-state index contributed by atoms with van der Waals surface area (Å²) in [5, 5.41) is 11.0. The van der Waals surface area contributed by atoms with Crippen molar-refractivity contribution in [1.82, 2.24) is 19.8 Å². The number of ether oxygens (including phenoxy) is 1. The Hall–Kier alpha value is -4.23. The molecule has 2 saturated heterocycles. The third kappa shape index (κ3) is 5.37. The molecule has 218 valence electrons. The summed E-state index contributed by atoms with van der Waals surface area (Å²) in [4.78, 5) is 30.7. The number of amides is 1. The maximum atomic E-state index is 15.0. The Bertz CT molecular complexity index is 1530. The van der Waals surface area contributed by atoms with Crippen LogP contribution < -0.4 is 14.5 Å². The molecule has 0 saturated carbocycles. The van der Waals surface area contributed by atoms with Crippen LogP contribution in [-0.2, 0) is 17.8 Å². The number of nitrogens with zero attached hydrogens (tertiary/aromatic N) is 7. The maximum Gasteiger partial charge on any atom is 0.318 e. The van der Waals surface area contributed by atoms with Gasteiger partial charge in [0.05, 0.1) is 30.8 Å². The predicted molar refractivity (Wildman–Crippen MR) is 160 cm³/mol. The number of hydrogen-bond donors (Lipinski definition) is 0. The van der Waals surface area contributed by atoms with E-state index in [4.69, 9.17) is 14.7 Å². The molecule has 2 fully saturated rings. The molecule has 4 heterocycles. The highest BCUT2D eigenvalue weighted by atomic mass is 19.1. The number of likely N-dealkylation sites (N-methyl/N-ethyl adjacent to an activating group) is 1. The Kier molecular flexibility index (Phi) is 7.94. The lowest BCUT2D eigenvalue weighted by molar-refractivity contribution is -0.128. The van der Waals surface area contributed by atoms with Gasteiger partial charge in [0, 0.05) is 48.9 Å². The zero-order chi connectivity index (χ0) is 29.2. The summed E-state index contributed by atoms with van der Waals surface area (Å²) in [6.07, 6.45) is 4.43. The minimum atomic E-state index is -0.268. The number of carbonyl (C=O) groups is 1. The van der Waals surface area contributed by atoms with Gasteiger partial charge in [-0.15, -0.1) is 0 Å². The van der Waals surface area contributed by atoms with Crippen LogP contribution in [0.1, 0.15) is 30.5 Å². The second-order valence-corrected chi connectivity index (χ2v) is 11.3. The molecule has 2 atom stereocenters. The average Bonchev–Trinajstić information content (AvgIpc) is 3.43. The lowest BCUT2D eigenvalue weighted by Crippen LogP contribution is -2.55. The second-order valence-electron chi connectivity index (χ2n) is 11.3. The molecule has 0 N–H and O–H groups in total. The quantitative estimate of drug-likeness (QED) is 0.396. The van der Waals surface area contributed by atoms with Crippen molar-refractivity contribution in [3.8, 4) is 12.1 Å². The van der Waals surface area contributed by atoms with Crippen LogP contribution in [0.4, 0.5) is 15.9 Å². The first kappa shape index (κ1) is 27.9. The smallest absolute Gasteiger partial charge is 0.318 e. The summed E-state index contributed by atoms with van der Waals surface area (Å²) < 4.78 is 21.3. The normalized spacial score (nSPS) is 20.8. The Labute approximate surface area is 245 Å². The molecule has 0 radical (unpaired) electrons. The molecule has 2 aromatic carbocycles. The topological polar surface area (TPSA) is 88.8 Å². The number of carbonyl (C=O) groups excluding carboxylic acids is 1. The predicted octanol–water partition coefficient (Wildman–Crippen LogP) is 3.92. The van der Waals surface area contributed by atoms with E-state index in [9.17, 15) is 10.1 Å². The van der Waals surface area contributed by atoms with Gasteiger partial charge in [0.1, 0.15) is 18.2 Å². The fourth-order valence-corrected chi connectivity index (χ4v) is 6.56. The van der Waals surface area contributed by atoms with E-state index in [0.29, 0.717) is 63.2 Å². The summed E-state index contributed by atoms with van der Waals surface area (Å²) in [7, 11) is 2.11. The molecule has 3 aliphatic rings. The van der Waals surface area contributed by atoms with E-state index in [1.165, 1.54) is 12.1 Å². The number of hydrogen-bond acceptors (Lipinski definition) is 8. The third-order valence-corrected chi connectivity index (χ3v) is 8.84. The summed E-state index contributed by atoms with van der Waals surface area (Å²) in [6.45, 7) is 7.90. The van der Waals surface area contributed by atoms with E-state index in [1.54, 1.807) is 11.0 Å². The summed E-state index contributed by atoms with van der Waals surface area (Å²) in [5.41, 5.74) is 2.74. The Morgan fingerprint density at radius 1 is 1.14 bits per heavy atom. The number of piperazine rings is 1. The maximum absolute atomic E-state index is 15.0. The van der Waals surface area contributed by atoms with Crippen molar-refractivity contribution < 1.29 is 13.9 Å². The van der Waals surface area contributed by atoms with Crippen molar-refractivity contribution >= 4 is 28.2 Å². The minimum Gasteiger partial charge on any atom is -0.462 e. The lowest BCUT2D eigenvalue weighted by atomic mass is 10.0. The van der Waals surface area contributed by atoms with E-state index in [-0.39, 0.29) is 24.2 Å². The van der Waals surface area contributed by atoms with E-state index >= 15 is 4.39 Å². The number of anilines is 2. The molecule has 1 aromatic heterocycles. The highest BCUT2D eigenvalue weighted by molar-refractivity contribution is 5.95. The largest absolute Gasteiger partial charge is 0.462 e. The number of fused-ring (bicyclic) bond motifs is 2. The molecular weight excluding hydrogens is 533 g/mol. The highest BCUT2D eigenvalue weighted by Gasteiger charge is 2.33. The molecule has 0 bridgehead atoms. The SMILES string of the molecule is C=CC(=O)N1CCN(c2nc(OCC3CCCN3C)nc3c2CCN(c2cccc4cccc(F)c24)C3)CC1CC#N. The van der Waals surface area contributed by atoms with Crippen LogP contribution in [0.25, 0.3) is 10.8 Å². The Morgan fingerprint density at radius 2 is 1.98 bits per heavy atom. The summed E-state index contributed by atoms with van der Waals surface area (Å²) in [5.74, 6) is 0.395. The fourth-order valence-electron chi connectivity index (χ4n) is 6.56. The number of rotatable bonds is 7. The van der Waals surface area contributed by atoms with E-state index in [0.717, 1.165) is 47.5 Å². The van der Waals surface area contributed by atoms with Crippen LogP contribution in [-0.4, -0.2) is 84.1 Å². The van der Waals surface area contributed by atoms with Crippen LogP contribution in [0, 0.1) is 17.1 Å². The molecule has 6 rings (SSSR count). The van der Waals surface area contributed by atoms with Crippen LogP contribution >= 0.6 is 0 Å². The first-order valence-corrected chi connectivity index (χ1v) is 14.7. The zero-order valence-electron chi connectivity index (χ0n) is 24.0. The van der Waals surface area contributed by atoms with Crippen molar-refractivity contribution in [2.24, 2.45) is 0 Å². The van der Waals surface area contributed by atoms with Crippen LogP contribution in [0.15, 0.2) is 49.1 Å². The van der Waals surface area contributed by atoms with Gasteiger partial charge < -0.3 is 24.3 Å². The van der Waals surface area contributed by atoms with Crippen molar-refractivity contribution in [2.45, 2.75) is 44.3 Å². The highest BCUT2D eigenvalue weighted by Crippen LogP contribution is 2.36. The molecule has 10 heteroatoms. The van der Waals surface area contributed by atoms with Gasteiger partial charge in [-0.3, -0.25) is 4.79 Å². The van der Waals surface area contributed by atoms with Crippen molar-refractivity contribution in [1.29, 1.82) is 5.26 Å². The van der Waals surface area contributed by atoms with Gasteiger partial charge in [0.25, 0.3) is 0 Å². The molecule has 3 aromatic rings. The van der Waals surface area contributed by atoms with Gasteiger partial charge in [-0.1, -0.05) is 30.8 Å². The molecule has 3 aliphatic heterocycles. The fraction of sp³-hybridized carbons (Fsp3) is 0.438. The number of benzene rings is 2.